The number of methoxy groups -OCH3 is 1. The molecule has 2 N–H and O–H groups in total. The Morgan fingerprint density at radius 1 is 1.50 bits per heavy atom. The third kappa shape index (κ3) is 2.76. The van der Waals surface area contributed by atoms with Crippen LogP contribution in [0, 0.1) is 0 Å². The second kappa shape index (κ2) is 6.02. The molecule has 1 saturated heterocycles. The minimum Gasteiger partial charge on any atom is -0.495 e. The molecule has 1 aromatic rings. The molecular formula is C15H21ClN2O2. The van der Waals surface area contributed by atoms with Crippen molar-refractivity contribution in [1.82, 2.24) is 4.90 Å². The molecule has 5 heteroatoms. The third-order valence-corrected chi connectivity index (χ3v) is 4.62. The van der Waals surface area contributed by atoms with Gasteiger partial charge in [0.05, 0.1) is 17.7 Å². The molecule has 0 saturated carbocycles. The lowest BCUT2D eigenvalue weighted by Crippen LogP contribution is -2.57. The van der Waals surface area contributed by atoms with E-state index in [2.05, 4.69) is 4.90 Å². The number of nitrogens with two attached hydrogens (primary N) is 1. The van der Waals surface area contributed by atoms with Gasteiger partial charge in [0.15, 0.2) is 0 Å². The quantitative estimate of drug-likeness (QED) is 0.929. The lowest BCUT2D eigenvalue weighted by molar-refractivity contribution is -0.131. The minimum absolute atomic E-state index is 0.267. The van der Waals surface area contributed by atoms with Gasteiger partial charge in [-0.1, -0.05) is 23.7 Å². The maximum absolute atomic E-state index is 11.8. The molecule has 1 aromatic carbocycles. The molecule has 1 aliphatic heterocycles. The molecule has 0 radical (unpaired) electrons. The first kappa shape index (κ1) is 15.1. The Balaban J connectivity index is 2.26. The smallest absolute Gasteiger partial charge is 0.237 e. The van der Waals surface area contributed by atoms with Gasteiger partial charge in [0.2, 0.25) is 5.91 Å². The van der Waals surface area contributed by atoms with E-state index < -0.39 is 5.54 Å². The number of piperidine rings is 1. The number of rotatable bonds is 4. The molecule has 2 rings (SSSR count). The van der Waals surface area contributed by atoms with Crippen molar-refractivity contribution in [2.24, 2.45) is 5.73 Å². The monoisotopic (exact) mass is 296 g/mol. The summed E-state index contributed by atoms with van der Waals surface area (Å²) in [5.41, 5.74) is 5.97. The predicted molar refractivity (Wildman–Crippen MR) is 79.9 cm³/mol. The normalized spacial score (nSPS) is 23.6. The maximum Gasteiger partial charge on any atom is 0.237 e. The summed E-state index contributed by atoms with van der Waals surface area (Å²) in [7, 11) is 1.60. The van der Waals surface area contributed by atoms with Crippen LogP contribution < -0.4 is 10.5 Å². The fourth-order valence-electron chi connectivity index (χ4n) is 2.75. The Kier molecular flexibility index (Phi) is 4.55. The Morgan fingerprint density at radius 2 is 2.25 bits per heavy atom. The average molecular weight is 297 g/mol. The fraction of sp³-hybridized carbons (Fsp3) is 0.533. The van der Waals surface area contributed by atoms with Crippen LogP contribution in [-0.4, -0.2) is 30.0 Å². The first-order chi connectivity index (χ1) is 9.49. The van der Waals surface area contributed by atoms with Gasteiger partial charge in [-0.15, -0.1) is 0 Å². The number of likely N-dealkylation sites (tertiary alicyclic amines) is 1. The zero-order valence-electron chi connectivity index (χ0n) is 12.0. The molecular weight excluding hydrogens is 276 g/mol. The molecule has 1 atom stereocenters. The second-order valence-electron chi connectivity index (χ2n) is 5.45. The Morgan fingerprint density at radius 3 is 2.90 bits per heavy atom. The van der Waals surface area contributed by atoms with Gasteiger partial charge in [0.25, 0.3) is 0 Å². The number of benzene rings is 1. The fourth-order valence-corrected chi connectivity index (χ4v) is 3.01. The molecule has 1 heterocycles. The van der Waals surface area contributed by atoms with Crippen LogP contribution in [0.2, 0.25) is 5.02 Å². The first-order valence-corrected chi connectivity index (χ1v) is 7.23. The zero-order valence-corrected chi connectivity index (χ0v) is 12.7. The second-order valence-corrected chi connectivity index (χ2v) is 5.83. The summed E-state index contributed by atoms with van der Waals surface area (Å²) in [5, 5.41) is 0.604. The van der Waals surface area contributed by atoms with Crippen molar-refractivity contribution >= 4 is 17.5 Å². The van der Waals surface area contributed by atoms with E-state index >= 15 is 0 Å². The largest absolute Gasteiger partial charge is 0.495 e. The lowest BCUT2D eigenvalue weighted by Gasteiger charge is -2.42. The van der Waals surface area contributed by atoms with Gasteiger partial charge in [-0.25, -0.2) is 0 Å². The van der Waals surface area contributed by atoms with Crippen LogP contribution in [0.4, 0.5) is 0 Å². The molecule has 1 fully saturated rings. The molecule has 0 aliphatic carbocycles. The molecule has 1 amide bonds. The molecule has 110 valence electrons. The van der Waals surface area contributed by atoms with Gasteiger partial charge in [-0.05, 0) is 44.4 Å². The topological polar surface area (TPSA) is 55.6 Å². The molecule has 0 spiro atoms. The number of nitrogens with zero attached hydrogens (tertiary/aromatic N) is 1. The van der Waals surface area contributed by atoms with Crippen LogP contribution in [-0.2, 0) is 11.3 Å². The van der Waals surface area contributed by atoms with Gasteiger partial charge in [0.1, 0.15) is 5.75 Å². The Hall–Kier alpha value is -1.26. The molecule has 0 aromatic heterocycles. The summed E-state index contributed by atoms with van der Waals surface area (Å²) in [6.45, 7) is 3.38. The highest BCUT2D eigenvalue weighted by molar-refractivity contribution is 6.32. The van der Waals surface area contributed by atoms with Crippen LogP contribution in [0.5, 0.6) is 5.75 Å². The van der Waals surface area contributed by atoms with E-state index in [1.807, 2.05) is 25.1 Å². The molecule has 1 aliphatic rings. The van der Waals surface area contributed by atoms with Crippen molar-refractivity contribution in [3.63, 3.8) is 0 Å². The van der Waals surface area contributed by atoms with Crippen molar-refractivity contribution < 1.29 is 9.53 Å². The summed E-state index contributed by atoms with van der Waals surface area (Å²) in [5.74, 6) is 0.387. The van der Waals surface area contributed by atoms with Gasteiger partial charge in [0, 0.05) is 6.54 Å². The van der Waals surface area contributed by atoms with Crippen LogP contribution in [0.15, 0.2) is 18.2 Å². The Labute approximate surface area is 124 Å². The van der Waals surface area contributed by atoms with E-state index in [9.17, 15) is 4.79 Å². The van der Waals surface area contributed by atoms with Crippen molar-refractivity contribution in [2.75, 3.05) is 13.7 Å². The van der Waals surface area contributed by atoms with E-state index in [4.69, 9.17) is 22.1 Å². The van der Waals surface area contributed by atoms with E-state index in [0.717, 1.165) is 31.4 Å². The summed E-state index contributed by atoms with van der Waals surface area (Å²) < 4.78 is 5.23. The number of halogens is 1. The van der Waals surface area contributed by atoms with Gasteiger partial charge in [-0.2, -0.15) is 0 Å². The van der Waals surface area contributed by atoms with Crippen molar-refractivity contribution in [2.45, 2.75) is 38.3 Å². The molecule has 1 unspecified atom stereocenters. The highest BCUT2D eigenvalue weighted by atomic mass is 35.5. The summed E-state index contributed by atoms with van der Waals surface area (Å²) >= 11 is 6.33. The number of hydrogen-bond acceptors (Lipinski definition) is 3. The predicted octanol–water partition coefficient (Wildman–Crippen LogP) is 2.58. The summed E-state index contributed by atoms with van der Waals surface area (Å²) in [4.78, 5) is 13.9. The number of hydrogen-bond donors (Lipinski definition) is 1. The van der Waals surface area contributed by atoms with E-state index in [-0.39, 0.29) is 5.91 Å². The minimum atomic E-state index is -0.593. The number of carbonyl (C=O) groups excluding carboxylic acids is 1. The van der Waals surface area contributed by atoms with E-state index in [1.165, 1.54) is 0 Å². The standard InChI is InChI=1S/C15H21ClN2O2/c1-15(14(17)19)8-3-4-9-18(15)10-11-6-5-7-12(20-2)13(11)16/h5-7H,3-4,8-10H2,1-2H3,(H2,17,19). The van der Waals surface area contributed by atoms with Crippen molar-refractivity contribution in [3.8, 4) is 5.75 Å². The number of amides is 1. The summed E-state index contributed by atoms with van der Waals surface area (Å²) in [6, 6.07) is 5.70. The van der Waals surface area contributed by atoms with Crippen LogP contribution in [0.25, 0.3) is 0 Å². The Bertz CT molecular complexity index is 507. The van der Waals surface area contributed by atoms with Crippen molar-refractivity contribution in [3.05, 3.63) is 28.8 Å². The number of carbonyl (C=O) groups is 1. The number of ether oxygens (including phenoxy) is 1. The van der Waals surface area contributed by atoms with Crippen LogP contribution in [0.1, 0.15) is 31.7 Å². The zero-order chi connectivity index (χ0) is 14.8. The van der Waals surface area contributed by atoms with Crippen molar-refractivity contribution in [1.29, 1.82) is 0 Å². The summed E-state index contributed by atoms with van der Waals surface area (Å²) in [6.07, 6.45) is 2.90. The van der Waals surface area contributed by atoms with Gasteiger partial charge >= 0.3 is 0 Å². The van der Waals surface area contributed by atoms with E-state index in [1.54, 1.807) is 7.11 Å². The molecule has 0 bridgehead atoms. The third-order valence-electron chi connectivity index (χ3n) is 4.19. The van der Waals surface area contributed by atoms with Gasteiger partial charge < -0.3 is 10.5 Å². The number of primary amides is 1. The van der Waals surface area contributed by atoms with E-state index in [0.29, 0.717) is 17.3 Å². The molecule has 4 nitrogen and oxygen atoms in total. The highest BCUT2D eigenvalue weighted by Crippen LogP contribution is 2.33. The van der Waals surface area contributed by atoms with Gasteiger partial charge in [-0.3, -0.25) is 9.69 Å². The lowest BCUT2D eigenvalue weighted by atomic mass is 9.87. The maximum atomic E-state index is 11.8. The van der Waals surface area contributed by atoms with Crippen LogP contribution in [0.3, 0.4) is 0 Å². The molecule has 20 heavy (non-hydrogen) atoms. The van der Waals surface area contributed by atoms with Crippen LogP contribution >= 0.6 is 11.6 Å². The highest BCUT2D eigenvalue weighted by Gasteiger charge is 2.39. The first-order valence-electron chi connectivity index (χ1n) is 6.85. The SMILES string of the molecule is COc1cccc(CN2CCCCC2(C)C(N)=O)c1Cl. The average Bonchev–Trinajstić information content (AvgIpc) is 2.43.